The first-order chi connectivity index (χ1) is 10.9. The average molecular weight is 316 g/mol. The number of ether oxygens (including phenoxy) is 1. The lowest BCUT2D eigenvalue weighted by molar-refractivity contribution is -0.383. The van der Waals surface area contributed by atoms with Crippen molar-refractivity contribution in [2.24, 2.45) is 0 Å². The van der Waals surface area contributed by atoms with E-state index < -0.39 is 16.9 Å². The van der Waals surface area contributed by atoms with E-state index in [4.69, 9.17) is 5.11 Å². The summed E-state index contributed by atoms with van der Waals surface area (Å²) in [6, 6.07) is 9.49. The summed E-state index contributed by atoms with van der Waals surface area (Å²) in [5, 5.41) is 22.8. The lowest BCUT2D eigenvalue weighted by Gasteiger charge is -2.08. The molecule has 2 aromatic carbocycles. The number of hydrogen-bond donors (Lipinski definition) is 2. The molecule has 2 N–H and O–H groups in total. The highest BCUT2D eigenvalue weighted by Gasteiger charge is 2.17. The lowest BCUT2D eigenvalue weighted by Crippen LogP contribution is -2.03. The van der Waals surface area contributed by atoms with Gasteiger partial charge in [0.25, 0.3) is 5.69 Å². The van der Waals surface area contributed by atoms with Gasteiger partial charge in [0.2, 0.25) is 0 Å². The van der Waals surface area contributed by atoms with Gasteiger partial charge in [-0.3, -0.25) is 10.1 Å². The Morgan fingerprint density at radius 3 is 2.26 bits per heavy atom. The van der Waals surface area contributed by atoms with Gasteiger partial charge in [0.05, 0.1) is 23.2 Å². The molecule has 118 valence electrons. The molecule has 0 saturated heterocycles. The quantitative estimate of drug-likeness (QED) is 0.494. The van der Waals surface area contributed by atoms with Crippen molar-refractivity contribution in [3.8, 4) is 0 Å². The number of rotatable bonds is 5. The predicted molar refractivity (Wildman–Crippen MR) is 81.1 cm³/mol. The zero-order valence-electron chi connectivity index (χ0n) is 12.0. The zero-order valence-corrected chi connectivity index (χ0v) is 12.0. The molecule has 2 rings (SSSR count). The van der Waals surface area contributed by atoms with Crippen LogP contribution >= 0.6 is 0 Å². The maximum atomic E-state index is 11.3. The van der Waals surface area contributed by atoms with E-state index in [0.29, 0.717) is 11.3 Å². The Morgan fingerprint density at radius 1 is 1.13 bits per heavy atom. The first-order valence-electron chi connectivity index (χ1n) is 6.39. The Balaban J connectivity index is 2.34. The zero-order chi connectivity index (χ0) is 17.0. The summed E-state index contributed by atoms with van der Waals surface area (Å²) in [6.07, 6.45) is 0. The first-order valence-corrected chi connectivity index (χ1v) is 6.39. The average Bonchev–Trinajstić information content (AvgIpc) is 2.54. The van der Waals surface area contributed by atoms with Crippen LogP contribution in [0.1, 0.15) is 20.7 Å². The van der Waals surface area contributed by atoms with Crippen LogP contribution in [0.3, 0.4) is 0 Å². The SMILES string of the molecule is COC(=O)c1ccc(Nc2cc(C(=O)O)ccc2[N+](=O)[O-])cc1. The minimum Gasteiger partial charge on any atom is -0.478 e. The largest absolute Gasteiger partial charge is 0.478 e. The van der Waals surface area contributed by atoms with Gasteiger partial charge in [0, 0.05) is 11.8 Å². The summed E-state index contributed by atoms with van der Waals surface area (Å²) in [5.41, 5.74) is 0.493. The van der Waals surface area contributed by atoms with E-state index in [1.807, 2.05) is 0 Å². The van der Waals surface area contributed by atoms with E-state index >= 15 is 0 Å². The molecule has 0 atom stereocenters. The second kappa shape index (κ2) is 6.56. The van der Waals surface area contributed by atoms with Crippen LogP contribution in [0.25, 0.3) is 0 Å². The summed E-state index contributed by atoms with van der Waals surface area (Å²) < 4.78 is 4.57. The molecule has 0 saturated carbocycles. The lowest BCUT2D eigenvalue weighted by atomic mass is 10.1. The van der Waals surface area contributed by atoms with E-state index in [0.717, 1.165) is 12.1 Å². The van der Waals surface area contributed by atoms with E-state index in [-0.39, 0.29) is 16.9 Å². The Labute approximate surface area is 130 Å². The second-order valence-electron chi connectivity index (χ2n) is 4.49. The van der Waals surface area contributed by atoms with Crippen molar-refractivity contribution in [2.75, 3.05) is 12.4 Å². The van der Waals surface area contributed by atoms with Gasteiger partial charge < -0.3 is 15.2 Å². The minimum absolute atomic E-state index is 0.0423. The van der Waals surface area contributed by atoms with Crippen molar-refractivity contribution in [1.29, 1.82) is 0 Å². The molecular formula is C15H12N2O6. The molecule has 0 spiro atoms. The third kappa shape index (κ3) is 3.62. The highest BCUT2D eigenvalue weighted by molar-refractivity contribution is 5.91. The molecule has 2 aromatic rings. The van der Waals surface area contributed by atoms with Gasteiger partial charge in [-0.2, -0.15) is 0 Å². The summed E-state index contributed by atoms with van der Waals surface area (Å²) in [6.45, 7) is 0. The number of carboxylic acids is 1. The normalized spacial score (nSPS) is 9.96. The molecule has 23 heavy (non-hydrogen) atoms. The van der Waals surface area contributed by atoms with Gasteiger partial charge in [0.15, 0.2) is 0 Å². The van der Waals surface area contributed by atoms with Crippen LogP contribution in [-0.2, 0) is 4.74 Å². The summed E-state index contributed by atoms with van der Waals surface area (Å²) in [4.78, 5) is 32.8. The van der Waals surface area contributed by atoms with Crippen molar-refractivity contribution in [1.82, 2.24) is 0 Å². The van der Waals surface area contributed by atoms with Crippen LogP contribution < -0.4 is 5.32 Å². The number of carbonyl (C=O) groups is 2. The fourth-order valence-electron chi connectivity index (χ4n) is 1.89. The molecule has 0 aliphatic heterocycles. The first kappa shape index (κ1) is 16.0. The number of nitrogens with one attached hydrogen (secondary N) is 1. The van der Waals surface area contributed by atoms with Crippen molar-refractivity contribution in [3.05, 3.63) is 63.7 Å². The number of nitrogens with zero attached hydrogens (tertiary/aromatic N) is 1. The fourth-order valence-corrected chi connectivity index (χ4v) is 1.89. The number of esters is 1. The molecule has 0 aliphatic rings. The van der Waals surface area contributed by atoms with Crippen LogP contribution in [-0.4, -0.2) is 29.1 Å². The van der Waals surface area contributed by atoms with Crippen LogP contribution in [0.4, 0.5) is 17.1 Å². The third-order valence-electron chi connectivity index (χ3n) is 3.03. The smallest absolute Gasteiger partial charge is 0.337 e. The van der Waals surface area contributed by atoms with Gasteiger partial charge in [0.1, 0.15) is 5.69 Å². The Bertz CT molecular complexity index is 770. The molecule has 0 radical (unpaired) electrons. The monoisotopic (exact) mass is 316 g/mol. The van der Waals surface area contributed by atoms with Crippen LogP contribution in [0.2, 0.25) is 0 Å². The molecular weight excluding hydrogens is 304 g/mol. The standard InChI is InChI=1S/C15H12N2O6/c1-23-15(20)9-2-5-11(6-3-9)16-12-8-10(14(18)19)4-7-13(12)17(21)22/h2-8,16H,1H3,(H,18,19). The predicted octanol–water partition coefficient (Wildman–Crippen LogP) is 2.82. The van der Waals surface area contributed by atoms with Crippen molar-refractivity contribution >= 4 is 29.0 Å². The molecule has 0 aromatic heterocycles. The highest BCUT2D eigenvalue weighted by atomic mass is 16.6. The molecule has 0 heterocycles. The Kier molecular flexibility index (Phi) is 4.55. The van der Waals surface area contributed by atoms with Gasteiger partial charge in [-0.1, -0.05) is 0 Å². The summed E-state index contributed by atoms with van der Waals surface area (Å²) in [7, 11) is 1.26. The van der Waals surface area contributed by atoms with E-state index in [1.54, 1.807) is 0 Å². The van der Waals surface area contributed by atoms with Gasteiger partial charge in [-0.15, -0.1) is 0 Å². The van der Waals surface area contributed by atoms with Crippen LogP contribution in [0.15, 0.2) is 42.5 Å². The number of aromatic carboxylic acids is 1. The number of anilines is 2. The van der Waals surface area contributed by atoms with Crippen LogP contribution in [0, 0.1) is 10.1 Å². The molecule has 0 unspecified atom stereocenters. The maximum absolute atomic E-state index is 11.3. The minimum atomic E-state index is -1.19. The number of carboxylic acid groups (broad SMARTS) is 1. The van der Waals surface area contributed by atoms with E-state index in [2.05, 4.69) is 10.1 Å². The van der Waals surface area contributed by atoms with Gasteiger partial charge in [-0.25, -0.2) is 9.59 Å². The van der Waals surface area contributed by atoms with E-state index in [1.165, 1.54) is 37.4 Å². The number of carbonyl (C=O) groups excluding carboxylic acids is 1. The number of benzene rings is 2. The number of nitro benzene ring substituents is 1. The number of nitro groups is 1. The topological polar surface area (TPSA) is 119 Å². The van der Waals surface area contributed by atoms with Crippen molar-refractivity contribution in [3.63, 3.8) is 0 Å². The number of methoxy groups -OCH3 is 1. The molecule has 0 fully saturated rings. The third-order valence-corrected chi connectivity index (χ3v) is 3.03. The summed E-state index contributed by atoms with van der Waals surface area (Å²) >= 11 is 0. The van der Waals surface area contributed by atoms with Crippen molar-refractivity contribution in [2.45, 2.75) is 0 Å². The Morgan fingerprint density at radius 2 is 1.74 bits per heavy atom. The molecule has 0 bridgehead atoms. The van der Waals surface area contributed by atoms with E-state index in [9.17, 15) is 19.7 Å². The highest BCUT2D eigenvalue weighted by Crippen LogP contribution is 2.29. The van der Waals surface area contributed by atoms with Crippen molar-refractivity contribution < 1.29 is 24.4 Å². The fraction of sp³-hybridized carbons (Fsp3) is 0.0667. The maximum Gasteiger partial charge on any atom is 0.337 e. The number of hydrogen-bond acceptors (Lipinski definition) is 6. The van der Waals surface area contributed by atoms with Gasteiger partial charge >= 0.3 is 11.9 Å². The molecule has 8 heteroatoms. The molecule has 0 amide bonds. The molecule has 0 aliphatic carbocycles. The van der Waals surface area contributed by atoms with Crippen LogP contribution in [0.5, 0.6) is 0 Å². The Hall–Kier alpha value is -3.42. The van der Waals surface area contributed by atoms with Gasteiger partial charge in [-0.05, 0) is 36.4 Å². The second-order valence-corrected chi connectivity index (χ2v) is 4.49. The summed E-state index contributed by atoms with van der Waals surface area (Å²) in [5.74, 6) is -1.70. The molecule has 8 nitrogen and oxygen atoms in total.